The third kappa shape index (κ3) is 2.42. The van der Waals surface area contributed by atoms with Crippen LogP contribution in [0.4, 0.5) is 13.2 Å². The van der Waals surface area contributed by atoms with Crippen LogP contribution < -0.4 is 4.73 Å². The SMILES string of the molecule is [O-][n+]1cccc2cccc(-c3ccc(C(F)(F)F)cc3)c21. The summed E-state index contributed by atoms with van der Waals surface area (Å²) in [5, 5.41) is 12.7. The third-order valence-corrected chi connectivity index (χ3v) is 3.31. The number of hydrogen-bond donors (Lipinski definition) is 0. The topological polar surface area (TPSA) is 26.9 Å². The zero-order valence-electron chi connectivity index (χ0n) is 10.8. The Morgan fingerprint density at radius 3 is 2.19 bits per heavy atom. The fourth-order valence-electron chi connectivity index (χ4n) is 2.31. The number of hydrogen-bond acceptors (Lipinski definition) is 1. The summed E-state index contributed by atoms with van der Waals surface area (Å²) >= 11 is 0. The van der Waals surface area contributed by atoms with Gasteiger partial charge in [-0.15, -0.1) is 0 Å². The van der Waals surface area contributed by atoms with E-state index in [4.69, 9.17) is 0 Å². The molecule has 0 aliphatic carbocycles. The molecule has 3 aromatic rings. The Labute approximate surface area is 118 Å². The van der Waals surface area contributed by atoms with Gasteiger partial charge in [0.1, 0.15) is 0 Å². The van der Waals surface area contributed by atoms with Crippen LogP contribution in [0.15, 0.2) is 60.8 Å². The van der Waals surface area contributed by atoms with Crippen LogP contribution >= 0.6 is 0 Å². The Bertz CT molecular complexity index is 789. The summed E-state index contributed by atoms with van der Waals surface area (Å²) < 4.78 is 38.5. The lowest BCUT2D eigenvalue weighted by Gasteiger charge is -2.09. The van der Waals surface area contributed by atoms with Gasteiger partial charge in [-0.1, -0.05) is 18.2 Å². The van der Waals surface area contributed by atoms with Gasteiger partial charge in [0.25, 0.3) is 0 Å². The molecule has 0 atom stereocenters. The molecule has 1 aromatic heterocycles. The lowest BCUT2D eigenvalue weighted by atomic mass is 10.0. The molecule has 106 valence electrons. The summed E-state index contributed by atoms with van der Waals surface area (Å²) in [7, 11) is 0. The number of pyridine rings is 1. The van der Waals surface area contributed by atoms with Crippen LogP contribution in [0.3, 0.4) is 0 Å². The molecule has 0 N–H and O–H groups in total. The molecule has 0 bridgehead atoms. The normalized spacial score (nSPS) is 11.8. The molecule has 0 saturated heterocycles. The van der Waals surface area contributed by atoms with Gasteiger partial charge in [-0.3, -0.25) is 0 Å². The number of rotatable bonds is 1. The van der Waals surface area contributed by atoms with Crippen molar-refractivity contribution in [2.24, 2.45) is 0 Å². The number of para-hydroxylation sites is 1. The van der Waals surface area contributed by atoms with Crippen LogP contribution in [0.2, 0.25) is 0 Å². The van der Waals surface area contributed by atoms with Gasteiger partial charge in [0.15, 0.2) is 6.20 Å². The molecular formula is C16H10F3NO. The first-order valence-electron chi connectivity index (χ1n) is 6.25. The number of fused-ring (bicyclic) bond motifs is 1. The van der Waals surface area contributed by atoms with E-state index in [1.54, 1.807) is 30.3 Å². The molecule has 0 amide bonds. The quantitative estimate of drug-likeness (QED) is 0.488. The van der Waals surface area contributed by atoms with Crippen molar-refractivity contribution in [3.63, 3.8) is 0 Å². The maximum Gasteiger partial charge on any atom is 0.416 e. The summed E-state index contributed by atoms with van der Waals surface area (Å²) in [6, 6.07) is 13.5. The minimum Gasteiger partial charge on any atom is -0.618 e. The van der Waals surface area contributed by atoms with E-state index in [2.05, 4.69) is 0 Å². The molecule has 0 aliphatic heterocycles. The Kier molecular flexibility index (Phi) is 3.05. The molecule has 5 heteroatoms. The largest absolute Gasteiger partial charge is 0.618 e. The molecule has 1 heterocycles. The van der Waals surface area contributed by atoms with E-state index in [1.165, 1.54) is 18.3 Å². The van der Waals surface area contributed by atoms with E-state index in [0.29, 0.717) is 16.6 Å². The third-order valence-electron chi connectivity index (χ3n) is 3.31. The van der Waals surface area contributed by atoms with Crippen LogP contribution in [0.1, 0.15) is 5.56 Å². The molecule has 2 nitrogen and oxygen atoms in total. The van der Waals surface area contributed by atoms with Crippen LogP contribution in [-0.2, 0) is 6.18 Å². The second-order valence-electron chi connectivity index (χ2n) is 4.65. The van der Waals surface area contributed by atoms with Gasteiger partial charge in [0, 0.05) is 11.5 Å². The van der Waals surface area contributed by atoms with E-state index >= 15 is 0 Å². The van der Waals surface area contributed by atoms with Crippen molar-refractivity contribution in [1.82, 2.24) is 0 Å². The molecule has 2 aromatic carbocycles. The van der Waals surface area contributed by atoms with Gasteiger partial charge < -0.3 is 5.21 Å². The van der Waals surface area contributed by atoms with E-state index < -0.39 is 11.7 Å². The zero-order valence-corrected chi connectivity index (χ0v) is 10.8. The molecule has 21 heavy (non-hydrogen) atoms. The lowest BCUT2D eigenvalue weighted by molar-refractivity contribution is -0.576. The minimum atomic E-state index is -4.37. The summed E-state index contributed by atoms with van der Waals surface area (Å²) in [6.45, 7) is 0. The minimum absolute atomic E-state index is 0.444. The average Bonchev–Trinajstić information content (AvgIpc) is 2.46. The molecule has 0 spiro atoms. The Balaban J connectivity index is 2.17. The molecule has 0 radical (unpaired) electrons. The Morgan fingerprint density at radius 2 is 1.52 bits per heavy atom. The number of nitrogens with zero attached hydrogens (tertiary/aromatic N) is 1. The van der Waals surface area contributed by atoms with E-state index in [-0.39, 0.29) is 0 Å². The molecule has 0 saturated carbocycles. The Hall–Kier alpha value is -2.56. The van der Waals surface area contributed by atoms with E-state index in [0.717, 1.165) is 22.2 Å². The highest BCUT2D eigenvalue weighted by atomic mass is 19.4. The highest BCUT2D eigenvalue weighted by molar-refractivity contribution is 5.91. The maximum absolute atomic E-state index is 12.6. The predicted molar refractivity (Wildman–Crippen MR) is 73.3 cm³/mol. The van der Waals surface area contributed by atoms with Crippen molar-refractivity contribution in [3.05, 3.63) is 71.6 Å². The number of halogens is 3. The van der Waals surface area contributed by atoms with Gasteiger partial charge in [0.2, 0.25) is 5.52 Å². The van der Waals surface area contributed by atoms with Crippen molar-refractivity contribution in [2.45, 2.75) is 6.18 Å². The van der Waals surface area contributed by atoms with Crippen LogP contribution in [-0.4, -0.2) is 0 Å². The zero-order chi connectivity index (χ0) is 15.0. The number of alkyl halides is 3. The molecular weight excluding hydrogens is 279 g/mol. The first kappa shape index (κ1) is 13.4. The number of aromatic nitrogens is 1. The summed E-state index contributed by atoms with van der Waals surface area (Å²) in [4.78, 5) is 0. The van der Waals surface area contributed by atoms with Crippen molar-refractivity contribution >= 4 is 10.9 Å². The summed E-state index contributed by atoms with van der Waals surface area (Å²) in [5.74, 6) is 0. The number of benzene rings is 2. The second kappa shape index (κ2) is 4.77. The van der Waals surface area contributed by atoms with Crippen molar-refractivity contribution in [3.8, 4) is 11.1 Å². The summed E-state index contributed by atoms with van der Waals surface area (Å²) in [6.07, 6.45) is -2.99. The van der Waals surface area contributed by atoms with Gasteiger partial charge in [0.05, 0.1) is 11.1 Å². The van der Waals surface area contributed by atoms with E-state index in [1.807, 2.05) is 0 Å². The van der Waals surface area contributed by atoms with Crippen molar-refractivity contribution in [1.29, 1.82) is 0 Å². The van der Waals surface area contributed by atoms with Gasteiger partial charge in [-0.05, 0) is 35.9 Å². The second-order valence-corrected chi connectivity index (χ2v) is 4.65. The fourth-order valence-corrected chi connectivity index (χ4v) is 2.31. The molecule has 0 unspecified atom stereocenters. The Morgan fingerprint density at radius 1 is 0.857 bits per heavy atom. The molecule has 0 fully saturated rings. The van der Waals surface area contributed by atoms with Crippen molar-refractivity contribution in [2.75, 3.05) is 0 Å². The van der Waals surface area contributed by atoms with Gasteiger partial charge in [-0.25, -0.2) is 0 Å². The van der Waals surface area contributed by atoms with Crippen LogP contribution in [0.5, 0.6) is 0 Å². The van der Waals surface area contributed by atoms with Crippen molar-refractivity contribution < 1.29 is 17.9 Å². The highest BCUT2D eigenvalue weighted by Gasteiger charge is 2.30. The van der Waals surface area contributed by atoms with Gasteiger partial charge in [-0.2, -0.15) is 17.9 Å². The van der Waals surface area contributed by atoms with Gasteiger partial charge >= 0.3 is 6.18 Å². The first-order chi connectivity index (χ1) is 9.97. The fraction of sp³-hybridized carbons (Fsp3) is 0.0625. The monoisotopic (exact) mass is 289 g/mol. The lowest BCUT2D eigenvalue weighted by Crippen LogP contribution is -2.26. The molecule has 0 aliphatic rings. The average molecular weight is 289 g/mol. The predicted octanol–water partition coefficient (Wildman–Crippen LogP) is 4.16. The summed E-state index contributed by atoms with van der Waals surface area (Å²) in [5.41, 5.74) is 0.919. The smallest absolute Gasteiger partial charge is 0.416 e. The standard InChI is InChI=1S/C16H10F3NO/c17-16(18,19)13-8-6-11(7-9-13)14-5-1-3-12-4-2-10-20(21)15(12)14/h1-10H. The van der Waals surface area contributed by atoms with Crippen LogP contribution in [0.25, 0.3) is 22.0 Å². The molecule has 3 rings (SSSR count). The van der Waals surface area contributed by atoms with Crippen LogP contribution in [0, 0.1) is 5.21 Å². The van der Waals surface area contributed by atoms with E-state index in [9.17, 15) is 18.4 Å². The highest BCUT2D eigenvalue weighted by Crippen LogP contribution is 2.32. The maximum atomic E-state index is 12.6. The first-order valence-corrected chi connectivity index (χ1v) is 6.25.